The second kappa shape index (κ2) is 5.54. The van der Waals surface area contributed by atoms with Crippen LogP contribution in [0.4, 0.5) is 0 Å². The van der Waals surface area contributed by atoms with E-state index in [0.29, 0.717) is 11.9 Å². The van der Waals surface area contributed by atoms with Crippen molar-refractivity contribution in [2.75, 3.05) is 18.1 Å². The molecule has 1 heterocycles. The van der Waals surface area contributed by atoms with Gasteiger partial charge in [-0.25, -0.2) is 0 Å². The maximum Gasteiger partial charge on any atom is 0.314 e. The molecule has 13 heavy (non-hydrogen) atoms. The lowest BCUT2D eigenvalue weighted by molar-refractivity contribution is -0.144. The van der Waals surface area contributed by atoms with Gasteiger partial charge < -0.3 is 4.74 Å². The Labute approximate surface area is 86.0 Å². The summed E-state index contributed by atoms with van der Waals surface area (Å²) in [6.45, 7) is 2.08. The molecular formula is C8H12O3S2. The van der Waals surface area contributed by atoms with Gasteiger partial charge in [-0.1, -0.05) is 11.8 Å². The highest BCUT2D eigenvalue weighted by molar-refractivity contribution is 8.15. The molecule has 0 radical (unpaired) electrons. The Morgan fingerprint density at radius 1 is 1.62 bits per heavy atom. The van der Waals surface area contributed by atoms with Crippen LogP contribution in [-0.2, 0) is 14.3 Å². The zero-order chi connectivity index (χ0) is 9.68. The van der Waals surface area contributed by atoms with Gasteiger partial charge in [0.1, 0.15) is 6.42 Å². The van der Waals surface area contributed by atoms with Gasteiger partial charge in [0.2, 0.25) is 0 Å². The van der Waals surface area contributed by atoms with Crippen molar-refractivity contribution in [2.24, 2.45) is 0 Å². The van der Waals surface area contributed by atoms with Crippen molar-refractivity contribution in [3.63, 3.8) is 0 Å². The highest BCUT2D eigenvalue weighted by Gasteiger charge is 2.23. The summed E-state index contributed by atoms with van der Waals surface area (Å²) in [6, 6.07) is 0. The summed E-state index contributed by atoms with van der Waals surface area (Å²) in [5, 5.41) is 0.557. The van der Waals surface area contributed by atoms with E-state index in [-0.39, 0.29) is 11.5 Å². The third-order valence-electron chi connectivity index (χ3n) is 1.43. The molecule has 3 nitrogen and oxygen atoms in total. The largest absolute Gasteiger partial charge is 0.466 e. The van der Waals surface area contributed by atoms with Crippen molar-refractivity contribution < 1.29 is 14.3 Å². The molecule has 0 aliphatic carbocycles. The zero-order valence-electron chi connectivity index (χ0n) is 7.45. The van der Waals surface area contributed by atoms with Gasteiger partial charge in [-0.2, -0.15) is 11.8 Å². The van der Waals surface area contributed by atoms with Crippen LogP contribution in [0.1, 0.15) is 13.3 Å². The van der Waals surface area contributed by atoms with Crippen molar-refractivity contribution in [3.8, 4) is 0 Å². The van der Waals surface area contributed by atoms with E-state index in [1.54, 1.807) is 6.92 Å². The molecule has 0 bridgehead atoms. The minimum Gasteiger partial charge on any atom is -0.466 e. The number of carbonyl (C=O) groups is 2. The topological polar surface area (TPSA) is 43.4 Å². The van der Waals surface area contributed by atoms with Crippen molar-refractivity contribution >= 4 is 34.6 Å². The van der Waals surface area contributed by atoms with Crippen molar-refractivity contribution in [2.45, 2.75) is 18.6 Å². The fourth-order valence-corrected chi connectivity index (χ4v) is 2.43. The Kier molecular flexibility index (Phi) is 4.66. The fraction of sp³-hybridized carbons (Fsp3) is 0.750. The number of ether oxygens (including phenoxy) is 1. The average Bonchev–Trinajstić information content (AvgIpc) is 2.84. The van der Waals surface area contributed by atoms with E-state index in [4.69, 9.17) is 0 Å². The van der Waals surface area contributed by atoms with Crippen LogP contribution in [0.25, 0.3) is 0 Å². The van der Waals surface area contributed by atoms with Crippen LogP contribution in [0.3, 0.4) is 0 Å². The summed E-state index contributed by atoms with van der Waals surface area (Å²) < 4.78 is 4.66. The number of hydrogen-bond acceptors (Lipinski definition) is 5. The zero-order valence-corrected chi connectivity index (χ0v) is 9.08. The van der Waals surface area contributed by atoms with Gasteiger partial charge in [0, 0.05) is 16.8 Å². The van der Waals surface area contributed by atoms with Gasteiger partial charge in [-0.3, -0.25) is 9.59 Å². The summed E-state index contributed by atoms with van der Waals surface area (Å²) in [6.07, 6.45) is -0.0874. The Balaban J connectivity index is 2.04. The van der Waals surface area contributed by atoms with Crippen LogP contribution in [-0.4, -0.2) is 34.4 Å². The van der Waals surface area contributed by atoms with E-state index in [0.717, 1.165) is 11.5 Å². The summed E-state index contributed by atoms with van der Waals surface area (Å²) >= 11 is 3.09. The Bertz CT molecular complexity index is 202. The second-order valence-electron chi connectivity index (χ2n) is 2.62. The second-order valence-corrected chi connectivity index (χ2v) is 5.03. The molecule has 0 aromatic carbocycles. The lowest BCUT2D eigenvalue weighted by Crippen LogP contribution is -2.09. The number of carbonyl (C=O) groups excluding carboxylic acids is 2. The smallest absolute Gasteiger partial charge is 0.314 e. The summed E-state index contributed by atoms with van der Waals surface area (Å²) in [7, 11) is 0. The van der Waals surface area contributed by atoms with Gasteiger partial charge >= 0.3 is 5.97 Å². The van der Waals surface area contributed by atoms with Gasteiger partial charge in [0.25, 0.3) is 0 Å². The molecule has 0 aromatic heterocycles. The van der Waals surface area contributed by atoms with E-state index >= 15 is 0 Å². The Hall–Kier alpha value is -0.160. The number of hydrogen-bond donors (Lipinski definition) is 0. The average molecular weight is 220 g/mol. The molecule has 0 spiro atoms. The molecular weight excluding hydrogens is 208 g/mol. The summed E-state index contributed by atoms with van der Waals surface area (Å²) in [5.41, 5.74) is 0. The van der Waals surface area contributed by atoms with Crippen LogP contribution < -0.4 is 0 Å². The highest BCUT2D eigenvalue weighted by atomic mass is 32.2. The first-order valence-corrected chi connectivity index (χ1v) is 6.18. The standard InChI is InChI=1S/C8H12O3S2/c1-2-11-7(9)3-8(10)13-5-6-4-12-6/h6H,2-5H2,1H3. The van der Waals surface area contributed by atoms with E-state index in [1.165, 1.54) is 11.8 Å². The number of rotatable bonds is 5. The molecule has 5 heteroatoms. The molecule has 1 aliphatic rings. The third kappa shape index (κ3) is 5.21. The molecule has 0 N–H and O–H groups in total. The molecule has 74 valence electrons. The maximum atomic E-state index is 11.1. The normalized spacial score (nSPS) is 19.6. The van der Waals surface area contributed by atoms with E-state index in [9.17, 15) is 9.59 Å². The molecule has 1 unspecified atom stereocenters. The molecule has 0 aromatic rings. The first-order valence-electron chi connectivity index (χ1n) is 4.15. The lowest BCUT2D eigenvalue weighted by atomic mass is 10.5. The molecule has 0 amide bonds. The van der Waals surface area contributed by atoms with Crippen molar-refractivity contribution in [3.05, 3.63) is 0 Å². The molecule has 1 aliphatic heterocycles. The van der Waals surface area contributed by atoms with Crippen LogP contribution >= 0.6 is 23.5 Å². The predicted molar refractivity (Wildman–Crippen MR) is 55.0 cm³/mol. The van der Waals surface area contributed by atoms with Crippen molar-refractivity contribution in [1.29, 1.82) is 0 Å². The third-order valence-corrected chi connectivity index (χ3v) is 3.64. The first kappa shape index (κ1) is 10.9. The van der Waals surface area contributed by atoms with Crippen LogP contribution in [0.15, 0.2) is 0 Å². The van der Waals surface area contributed by atoms with Gasteiger partial charge in [-0.05, 0) is 6.92 Å². The fourth-order valence-electron chi connectivity index (χ4n) is 0.731. The van der Waals surface area contributed by atoms with E-state index < -0.39 is 5.97 Å². The van der Waals surface area contributed by atoms with Gasteiger partial charge in [0.05, 0.1) is 6.61 Å². The van der Waals surface area contributed by atoms with Gasteiger partial charge in [0.15, 0.2) is 5.12 Å². The van der Waals surface area contributed by atoms with E-state index in [2.05, 4.69) is 4.74 Å². The SMILES string of the molecule is CCOC(=O)CC(=O)SCC1CS1. The summed E-state index contributed by atoms with van der Waals surface area (Å²) in [4.78, 5) is 22.0. The van der Waals surface area contributed by atoms with Crippen LogP contribution in [0.2, 0.25) is 0 Å². The number of esters is 1. The molecule has 1 saturated heterocycles. The number of thioether (sulfide) groups is 2. The molecule has 1 rings (SSSR count). The minimum atomic E-state index is -0.413. The molecule has 0 saturated carbocycles. The minimum absolute atomic E-state index is 0.0778. The lowest BCUT2D eigenvalue weighted by Gasteiger charge is -1.99. The monoisotopic (exact) mass is 220 g/mol. The van der Waals surface area contributed by atoms with Crippen molar-refractivity contribution in [1.82, 2.24) is 0 Å². The first-order chi connectivity index (χ1) is 6.22. The Morgan fingerprint density at radius 2 is 2.31 bits per heavy atom. The van der Waals surface area contributed by atoms with Crippen LogP contribution in [0.5, 0.6) is 0 Å². The quantitative estimate of drug-likeness (QED) is 0.397. The Morgan fingerprint density at radius 3 is 2.85 bits per heavy atom. The van der Waals surface area contributed by atoms with E-state index in [1.807, 2.05) is 11.8 Å². The highest BCUT2D eigenvalue weighted by Crippen LogP contribution is 2.33. The molecule has 1 atom stereocenters. The maximum absolute atomic E-state index is 11.1. The molecule has 1 fully saturated rings. The predicted octanol–water partition coefficient (Wildman–Crippen LogP) is 1.31. The summed E-state index contributed by atoms with van der Waals surface area (Å²) in [5.74, 6) is 1.58. The van der Waals surface area contributed by atoms with Gasteiger partial charge in [-0.15, -0.1) is 0 Å². The van der Waals surface area contributed by atoms with Crippen LogP contribution in [0, 0.1) is 0 Å².